The van der Waals surface area contributed by atoms with Crippen LogP contribution in [0, 0.1) is 18.3 Å². The van der Waals surface area contributed by atoms with Crippen LogP contribution in [0.4, 0.5) is 5.69 Å². The van der Waals surface area contributed by atoms with Crippen molar-refractivity contribution in [3.63, 3.8) is 0 Å². The molecule has 0 bridgehead atoms. The summed E-state index contributed by atoms with van der Waals surface area (Å²) in [6, 6.07) is 20.3. The number of halogens is 2. The number of carbonyl (C=O) groups is 1. The Morgan fingerprint density at radius 3 is 2.56 bits per heavy atom. The lowest BCUT2D eigenvalue weighted by molar-refractivity contribution is -0.112. The SMILES string of the molecule is COc1cc(/C=C(\C#N)C(=O)Nc2ccc(Cl)cc2C)c(Br)cc1OCc1ccccc1. The van der Waals surface area contributed by atoms with E-state index in [1.165, 1.54) is 13.2 Å². The number of carbonyl (C=O) groups excluding carboxylic acids is 1. The molecule has 162 valence electrons. The van der Waals surface area contributed by atoms with E-state index in [0.717, 1.165) is 11.1 Å². The van der Waals surface area contributed by atoms with Crippen molar-refractivity contribution in [2.45, 2.75) is 13.5 Å². The minimum Gasteiger partial charge on any atom is -0.493 e. The third kappa shape index (κ3) is 5.91. The smallest absolute Gasteiger partial charge is 0.266 e. The maximum atomic E-state index is 12.7. The maximum absolute atomic E-state index is 12.7. The van der Waals surface area contributed by atoms with Crippen molar-refractivity contribution in [1.82, 2.24) is 0 Å². The van der Waals surface area contributed by atoms with Crippen molar-refractivity contribution in [3.8, 4) is 17.6 Å². The van der Waals surface area contributed by atoms with Crippen molar-refractivity contribution in [3.05, 3.63) is 92.4 Å². The van der Waals surface area contributed by atoms with Crippen LogP contribution in [-0.4, -0.2) is 13.0 Å². The van der Waals surface area contributed by atoms with E-state index in [2.05, 4.69) is 21.2 Å². The Morgan fingerprint density at radius 2 is 1.91 bits per heavy atom. The molecule has 1 amide bonds. The molecule has 3 rings (SSSR count). The number of nitrogens with one attached hydrogen (secondary N) is 1. The molecular weight excluding hydrogens is 492 g/mol. The van der Waals surface area contributed by atoms with Gasteiger partial charge in [-0.25, -0.2) is 0 Å². The summed E-state index contributed by atoms with van der Waals surface area (Å²) in [6.07, 6.45) is 1.49. The molecule has 7 heteroatoms. The molecule has 0 fully saturated rings. The fourth-order valence-corrected chi connectivity index (χ4v) is 3.59. The highest BCUT2D eigenvalue weighted by molar-refractivity contribution is 9.10. The van der Waals surface area contributed by atoms with Gasteiger partial charge in [-0.15, -0.1) is 0 Å². The number of aryl methyl sites for hydroxylation is 1. The highest BCUT2D eigenvalue weighted by Crippen LogP contribution is 2.35. The van der Waals surface area contributed by atoms with Gasteiger partial charge in [-0.3, -0.25) is 4.79 Å². The minimum atomic E-state index is -0.520. The Hall–Kier alpha value is -3.27. The highest BCUT2D eigenvalue weighted by atomic mass is 79.9. The van der Waals surface area contributed by atoms with Gasteiger partial charge in [0.05, 0.1) is 7.11 Å². The van der Waals surface area contributed by atoms with Crippen molar-refractivity contribution >= 4 is 45.2 Å². The fraction of sp³-hybridized carbons (Fsp3) is 0.120. The average Bonchev–Trinajstić information content (AvgIpc) is 2.79. The number of nitriles is 1. The Kier molecular flexibility index (Phi) is 7.93. The summed E-state index contributed by atoms with van der Waals surface area (Å²) in [4.78, 5) is 12.7. The molecule has 0 unspecified atom stereocenters. The predicted molar refractivity (Wildman–Crippen MR) is 130 cm³/mol. The van der Waals surface area contributed by atoms with E-state index in [1.807, 2.05) is 43.3 Å². The molecule has 32 heavy (non-hydrogen) atoms. The van der Waals surface area contributed by atoms with E-state index in [9.17, 15) is 10.1 Å². The molecule has 0 heterocycles. The van der Waals surface area contributed by atoms with Crippen molar-refractivity contribution in [2.75, 3.05) is 12.4 Å². The summed E-state index contributed by atoms with van der Waals surface area (Å²) in [6.45, 7) is 2.21. The van der Waals surface area contributed by atoms with E-state index in [4.69, 9.17) is 21.1 Å². The van der Waals surface area contributed by atoms with Crippen LogP contribution in [-0.2, 0) is 11.4 Å². The summed E-state index contributed by atoms with van der Waals surface area (Å²) >= 11 is 9.46. The van der Waals surface area contributed by atoms with Crippen molar-refractivity contribution in [2.24, 2.45) is 0 Å². The summed E-state index contributed by atoms with van der Waals surface area (Å²) in [5, 5.41) is 12.9. The lowest BCUT2D eigenvalue weighted by atomic mass is 10.1. The van der Waals surface area contributed by atoms with Gasteiger partial charge in [-0.1, -0.05) is 57.9 Å². The fourth-order valence-electron chi connectivity index (χ4n) is 2.93. The lowest BCUT2D eigenvalue weighted by Crippen LogP contribution is -2.14. The molecule has 0 aliphatic carbocycles. The number of ether oxygens (including phenoxy) is 2. The maximum Gasteiger partial charge on any atom is 0.266 e. The molecule has 5 nitrogen and oxygen atoms in total. The van der Waals surface area contributed by atoms with Gasteiger partial charge >= 0.3 is 0 Å². The second-order valence-electron chi connectivity index (χ2n) is 6.88. The molecule has 0 saturated carbocycles. The molecular formula is C25H20BrClN2O3. The van der Waals surface area contributed by atoms with Gasteiger partial charge in [0.25, 0.3) is 5.91 Å². The van der Waals surface area contributed by atoms with Crippen molar-refractivity contribution in [1.29, 1.82) is 5.26 Å². The summed E-state index contributed by atoms with van der Waals surface area (Å²) < 4.78 is 12.0. The Bertz CT molecular complexity index is 1200. The van der Waals surface area contributed by atoms with Crippen LogP contribution in [0.3, 0.4) is 0 Å². The third-order valence-corrected chi connectivity index (χ3v) is 5.54. The molecule has 0 radical (unpaired) electrons. The minimum absolute atomic E-state index is 0.0555. The van der Waals surface area contributed by atoms with E-state index >= 15 is 0 Å². The third-order valence-electron chi connectivity index (χ3n) is 4.62. The molecule has 1 N–H and O–H groups in total. The van der Waals surface area contributed by atoms with Gasteiger partial charge < -0.3 is 14.8 Å². The quantitative estimate of drug-likeness (QED) is 0.289. The second-order valence-corrected chi connectivity index (χ2v) is 8.17. The van der Waals surface area contributed by atoms with Gasteiger partial charge in [0.2, 0.25) is 0 Å². The largest absolute Gasteiger partial charge is 0.493 e. The molecule has 0 aliphatic rings. The Labute approximate surface area is 200 Å². The van der Waals surface area contributed by atoms with Gasteiger partial charge in [-0.05, 0) is 60.0 Å². The molecule has 0 spiro atoms. The number of hydrogen-bond acceptors (Lipinski definition) is 4. The number of amides is 1. The zero-order valence-electron chi connectivity index (χ0n) is 17.5. The van der Waals surface area contributed by atoms with Gasteiger partial charge in [-0.2, -0.15) is 5.26 Å². The summed E-state index contributed by atoms with van der Waals surface area (Å²) in [7, 11) is 1.54. The van der Waals surface area contributed by atoms with Crippen LogP contribution < -0.4 is 14.8 Å². The van der Waals surface area contributed by atoms with Crippen LogP contribution >= 0.6 is 27.5 Å². The summed E-state index contributed by atoms with van der Waals surface area (Å²) in [5.74, 6) is 0.509. The van der Waals surface area contributed by atoms with E-state index < -0.39 is 5.91 Å². The van der Waals surface area contributed by atoms with Gasteiger partial charge in [0.1, 0.15) is 18.2 Å². The van der Waals surface area contributed by atoms with Crippen molar-refractivity contribution < 1.29 is 14.3 Å². The van der Waals surface area contributed by atoms with E-state index in [1.54, 1.807) is 30.3 Å². The molecule has 0 saturated heterocycles. The number of hydrogen-bond donors (Lipinski definition) is 1. The monoisotopic (exact) mass is 510 g/mol. The molecule has 0 aromatic heterocycles. The first-order chi connectivity index (χ1) is 15.4. The normalized spacial score (nSPS) is 10.9. The topological polar surface area (TPSA) is 71.3 Å². The summed E-state index contributed by atoms with van der Waals surface area (Å²) in [5.41, 5.74) is 2.96. The van der Waals surface area contributed by atoms with Crippen LogP contribution in [0.15, 0.2) is 70.7 Å². The van der Waals surface area contributed by atoms with Crippen LogP contribution in [0.1, 0.15) is 16.7 Å². The first-order valence-electron chi connectivity index (χ1n) is 9.65. The van der Waals surface area contributed by atoms with E-state index in [0.29, 0.717) is 38.9 Å². The van der Waals surface area contributed by atoms with E-state index in [-0.39, 0.29) is 5.57 Å². The van der Waals surface area contributed by atoms with Crippen LogP contribution in [0.25, 0.3) is 6.08 Å². The second kappa shape index (κ2) is 10.9. The van der Waals surface area contributed by atoms with Crippen LogP contribution in [0.5, 0.6) is 11.5 Å². The first-order valence-corrected chi connectivity index (χ1v) is 10.8. The van der Waals surface area contributed by atoms with Crippen LogP contribution in [0.2, 0.25) is 5.02 Å². The highest BCUT2D eigenvalue weighted by Gasteiger charge is 2.15. The zero-order chi connectivity index (χ0) is 23.1. The number of benzene rings is 3. The van der Waals surface area contributed by atoms with Gasteiger partial charge in [0, 0.05) is 15.2 Å². The molecule has 3 aromatic carbocycles. The number of methoxy groups -OCH3 is 1. The standard InChI is InChI=1S/C25H20BrClN2O3/c1-16-10-20(27)8-9-22(16)29-25(30)19(14-28)11-18-12-23(31-2)24(13-21(18)26)32-15-17-6-4-3-5-7-17/h3-13H,15H2,1-2H3,(H,29,30)/b19-11+. The Balaban J connectivity index is 1.83. The first kappa shape index (κ1) is 23.4. The number of nitrogens with zero attached hydrogens (tertiary/aromatic N) is 1. The molecule has 0 atom stereocenters. The average molecular weight is 512 g/mol. The lowest BCUT2D eigenvalue weighted by Gasteiger charge is -2.13. The van der Waals surface area contributed by atoms with Gasteiger partial charge in [0.15, 0.2) is 11.5 Å². The number of anilines is 1. The zero-order valence-corrected chi connectivity index (χ0v) is 19.8. The number of rotatable bonds is 7. The molecule has 3 aromatic rings. The molecule has 0 aliphatic heterocycles. The Morgan fingerprint density at radius 1 is 1.16 bits per heavy atom. The predicted octanol–water partition coefficient (Wildman–Crippen LogP) is 6.54.